The number of nitrogens with one attached hydrogen (secondary N) is 1. The smallest absolute Gasteiger partial charge is 0.306 e. The van der Waals surface area contributed by atoms with Crippen molar-refractivity contribution in [2.24, 2.45) is 17.8 Å². The largest absolute Gasteiger partial charge is 0.481 e. The molecular weight excluding hydrogens is 292 g/mol. The Morgan fingerprint density at radius 1 is 1.14 bits per heavy atom. The van der Waals surface area contributed by atoms with Crippen molar-refractivity contribution in [3.05, 3.63) is 0 Å². The summed E-state index contributed by atoms with van der Waals surface area (Å²) in [5.41, 5.74) is 0. The van der Waals surface area contributed by atoms with Crippen LogP contribution in [0.4, 0.5) is 0 Å². The second-order valence-electron chi connectivity index (χ2n) is 6.49. The summed E-state index contributed by atoms with van der Waals surface area (Å²) in [4.78, 5) is 10.9. The molecule has 0 aromatic rings. The Morgan fingerprint density at radius 2 is 1.71 bits per heavy atom. The summed E-state index contributed by atoms with van der Waals surface area (Å²) in [5, 5.41) is 8.96. The number of nitrogens with zero attached hydrogens (tertiary/aromatic N) is 1. The average Bonchev–Trinajstić information content (AvgIpc) is 2.46. The molecule has 1 saturated heterocycles. The van der Waals surface area contributed by atoms with E-state index in [2.05, 4.69) is 11.6 Å². The molecule has 1 aliphatic heterocycles. The standard InChI is InChI=1S/C14H26N2O4S/c1-11-6-8-16(9-7-11)21(19,20)15-10-12-2-4-13(5-3-12)14(17)18/h11-13,15H,2-10H2,1H3,(H,17,18). The molecule has 0 radical (unpaired) electrons. The Kier molecular flexibility index (Phi) is 5.62. The van der Waals surface area contributed by atoms with E-state index in [0.717, 1.165) is 25.7 Å². The van der Waals surface area contributed by atoms with E-state index in [-0.39, 0.29) is 11.8 Å². The topological polar surface area (TPSA) is 86.7 Å². The van der Waals surface area contributed by atoms with Gasteiger partial charge in [-0.3, -0.25) is 4.79 Å². The van der Waals surface area contributed by atoms with Crippen molar-refractivity contribution in [2.45, 2.75) is 45.4 Å². The van der Waals surface area contributed by atoms with Gasteiger partial charge in [-0.25, -0.2) is 4.72 Å². The number of carboxylic acids is 1. The Hall–Kier alpha value is -0.660. The lowest BCUT2D eigenvalue weighted by Gasteiger charge is -2.31. The van der Waals surface area contributed by atoms with Gasteiger partial charge in [-0.05, 0) is 50.4 Å². The van der Waals surface area contributed by atoms with Gasteiger partial charge < -0.3 is 5.11 Å². The highest BCUT2D eigenvalue weighted by Gasteiger charge is 2.29. The van der Waals surface area contributed by atoms with Crippen LogP contribution in [0.5, 0.6) is 0 Å². The van der Waals surface area contributed by atoms with Crippen LogP contribution in [0, 0.1) is 17.8 Å². The first-order chi connectivity index (χ1) is 9.88. The van der Waals surface area contributed by atoms with Gasteiger partial charge in [-0.2, -0.15) is 12.7 Å². The number of piperidine rings is 1. The maximum absolute atomic E-state index is 12.2. The van der Waals surface area contributed by atoms with E-state index in [1.165, 1.54) is 4.31 Å². The van der Waals surface area contributed by atoms with Gasteiger partial charge in [0, 0.05) is 19.6 Å². The lowest BCUT2D eigenvalue weighted by molar-refractivity contribution is -0.143. The average molecular weight is 318 g/mol. The number of carboxylic acid groups (broad SMARTS) is 1. The SMILES string of the molecule is CC1CCN(S(=O)(=O)NCC2CCC(C(=O)O)CC2)CC1. The van der Waals surface area contributed by atoms with Crippen LogP contribution in [-0.4, -0.2) is 43.4 Å². The first kappa shape index (κ1) is 16.7. The monoisotopic (exact) mass is 318 g/mol. The fourth-order valence-electron chi connectivity index (χ4n) is 3.15. The van der Waals surface area contributed by atoms with Gasteiger partial charge in [0.25, 0.3) is 10.2 Å². The normalized spacial score (nSPS) is 29.4. The summed E-state index contributed by atoms with van der Waals surface area (Å²) in [5.74, 6) is -0.111. The van der Waals surface area contributed by atoms with Crippen LogP contribution in [0.3, 0.4) is 0 Å². The van der Waals surface area contributed by atoms with Gasteiger partial charge >= 0.3 is 5.97 Å². The van der Waals surface area contributed by atoms with Gasteiger partial charge in [0.2, 0.25) is 0 Å². The maximum Gasteiger partial charge on any atom is 0.306 e. The van der Waals surface area contributed by atoms with Gasteiger partial charge in [0.1, 0.15) is 0 Å². The Morgan fingerprint density at radius 3 is 2.24 bits per heavy atom. The molecular formula is C14H26N2O4S. The number of rotatable bonds is 5. The highest BCUT2D eigenvalue weighted by molar-refractivity contribution is 7.87. The number of hydrogen-bond acceptors (Lipinski definition) is 3. The van der Waals surface area contributed by atoms with E-state index in [1.54, 1.807) is 0 Å². The molecule has 2 rings (SSSR count). The fraction of sp³-hybridized carbons (Fsp3) is 0.929. The molecule has 0 bridgehead atoms. The molecule has 1 saturated carbocycles. The molecule has 1 aliphatic carbocycles. The van der Waals surface area contributed by atoms with Gasteiger partial charge in [0.15, 0.2) is 0 Å². The summed E-state index contributed by atoms with van der Waals surface area (Å²) in [6.45, 7) is 3.78. The summed E-state index contributed by atoms with van der Waals surface area (Å²) in [7, 11) is -3.37. The molecule has 0 aromatic heterocycles. The first-order valence-corrected chi connectivity index (χ1v) is 9.30. The first-order valence-electron chi connectivity index (χ1n) is 7.86. The van der Waals surface area contributed by atoms with Gasteiger partial charge in [0.05, 0.1) is 5.92 Å². The Balaban J connectivity index is 1.76. The van der Waals surface area contributed by atoms with Gasteiger partial charge in [-0.15, -0.1) is 0 Å². The minimum absolute atomic E-state index is 0.249. The molecule has 0 amide bonds. The van der Waals surface area contributed by atoms with Crippen LogP contribution >= 0.6 is 0 Å². The molecule has 2 aliphatic rings. The molecule has 0 atom stereocenters. The second kappa shape index (κ2) is 7.07. The number of carbonyl (C=O) groups is 1. The summed E-state index contributed by atoms with van der Waals surface area (Å²) in [6, 6.07) is 0. The van der Waals surface area contributed by atoms with E-state index in [0.29, 0.717) is 38.4 Å². The lowest BCUT2D eigenvalue weighted by Crippen LogP contribution is -2.46. The molecule has 0 unspecified atom stereocenters. The van der Waals surface area contributed by atoms with Crippen molar-refractivity contribution >= 4 is 16.2 Å². The van der Waals surface area contributed by atoms with Crippen molar-refractivity contribution in [1.82, 2.24) is 9.03 Å². The Labute approximate surface area is 127 Å². The van der Waals surface area contributed by atoms with E-state index in [4.69, 9.17) is 5.11 Å². The van der Waals surface area contributed by atoms with Crippen molar-refractivity contribution in [3.8, 4) is 0 Å². The zero-order valence-corrected chi connectivity index (χ0v) is 13.4. The minimum Gasteiger partial charge on any atom is -0.481 e. The highest BCUT2D eigenvalue weighted by atomic mass is 32.2. The molecule has 122 valence electrons. The van der Waals surface area contributed by atoms with E-state index in [1.807, 2.05) is 0 Å². The molecule has 0 aromatic carbocycles. The van der Waals surface area contributed by atoms with E-state index >= 15 is 0 Å². The van der Waals surface area contributed by atoms with Crippen LogP contribution < -0.4 is 4.72 Å². The molecule has 2 fully saturated rings. The van der Waals surface area contributed by atoms with Crippen LogP contribution in [-0.2, 0) is 15.0 Å². The zero-order chi connectivity index (χ0) is 15.5. The third kappa shape index (κ3) is 4.66. The fourth-order valence-corrected chi connectivity index (χ4v) is 4.47. The zero-order valence-electron chi connectivity index (χ0n) is 12.6. The van der Waals surface area contributed by atoms with Crippen molar-refractivity contribution < 1.29 is 18.3 Å². The minimum atomic E-state index is -3.37. The Bertz CT molecular complexity index is 450. The predicted octanol–water partition coefficient (Wildman–Crippen LogP) is 1.44. The number of hydrogen-bond donors (Lipinski definition) is 2. The molecule has 0 spiro atoms. The maximum atomic E-state index is 12.2. The van der Waals surface area contributed by atoms with Crippen molar-refractivity contribution in [3.63, 3.8) is 0 Å². The highest BCUT2D eigenvalue weighted by Crippen LogP contribution is 2.28. The van der Waals surface area contributed by atoms with Crippen molar-refractivity contribution in [1.29, 1.82) is 0 Å². The lowest BCUT2D eigenvalue weighted by atomic mass is 9.82. The predicted molar refractivity (Wildman–Crippen MR) is 80.0 cm³/mol. The third-order valence-electron chi connectivity index (χ3n) is 4.83. The van der Waals surface area contributed by atoms with Crippen LogP contribution in [0.2, 0.25) is 0 Å². The molecule has 2 N–H and O–H groups in total. The summed E-state index contributed by atoms with van der Waals surface area (Å²) >= 11 is 0. The molecule has 6 nitrogen and oxygen atoms in total. The molecule has 7 heteroatoms. The van der Waals surface area contributed by atoms with Gasteiger partial charge in [-0.1, -0.05) is 6.92 Å². The molecule has 1 heterocycles. The van der Waals surface area contributed by atoms with E-state index in [9.17, 15) is 13.2 Å². The van der Waals surface area contributed by atoms with Crippen molar-refractivity contribution in [2.75, 3.05) is 19.6 Å². The number of aliphatic carboxylic acids is 1. The quantitative estimate of drug-likeness (QED) is 0.803. The summed E-state index contributed by atoms with van der Waals surface area (Å²) in [6.07, 6.45) is 4.73. The van der Waals surface area contributed by atoms with Crippen LogP contribution in [0.1, 0.15) is 45.4 Å². The second-order valence-corrected chi connectivity index (χ2v) is 8.25. The molecule has 21 heavy (non-hydrogen) atoms. The van der Waals surface area contributed by atoms with Crippen LogP contribution in [0.15, 0.2) is 0 Å². The van der Waals surface area contributed by atoms with Crippen LogP contribution in [0.25, 0.3) is 0 Å². The van der Waals surface area contributed by atoms with E-state index < -0.39 is 16.2 Å². The third-order valence-corrected chi connectivity index (χ3v) is 6.41. The summed E-state index contributed by atoms with van der Waals surface area (Å²) < 4.78 is 28.7.